The number of aryl methyl sites for hydroxylation is 1. The Labute approximate surface area is 124 Å². The third kappa shape index (κ3) is 2.61. The van der Waals surface area contributed by atoms with Gasteiger partial charge in [-0.25, -0.2) is 9.97 Å². The fraction of sp³-hybridized carbons (Fsp3) is 0.294. The Hall–Kier alpha value is -2.36. The van der Waals surface area contributed by atoms with E-state index in [-0.39, 0.29) is 0 Å². The number of imidazole rings is 1. The molecule has 0 amide bonds. The van der Waals surface area contributed by atoms with Crippen LogP contribution in [0.15, 0.2) is 43.0 Å². The lowest BCUT2D eigenvalue weighted by molar-refractivity contribution is 0.506. The van der Waals surface area contributed by atoms with Gasteiger partial charge in [-0.15, -0.1) is 0 Å². The minimum atomic E-state index is 0.401. The van der Waals surface area contributed by atoms with E-state index in [1.54, 1.807) is 0 Å². The summed E-state index contributed by atoms with van der Waals surface area (Å²) >= 11 is 0. The van der Waals surface area contributed by atoms with Crippen LogP contribution in [0.4, 0.5) is 5.82 Å². The van der Waals surface area contributed by atoms with Gasteiger partial charge in [0.15, 0.2) is 0 Å². The van der Waals surface area contributed by atoms with E-state index in [4.69, 9.17) is 5.73 Å². The van der Waals surface area contributed by atoms with Crippen molar-refractivity contribution in [2.24, 2.45) is 0 Å². The number of fused-ring (bicyclic) bond motifs is 1. The van der Waals surface area contributed by atoms with Crippen LogP contribution < -0.4 is 5.73 Å². The lowest BCUT2D eigenvalue weighted by Gasteiger charge is -2.16. The van der Waals surface area contributed by atoms with Gasteiger partial charge in [-0.2, -0.15) is 0 Å². The van der Waals surface area contributed by atoms with Crippen LogP contribution >= 0.6 is 0 Å². The second-order valence-corrected chi connectivity index (χ2v) is 5.52. The van der Waals surface area contributed by atoms with Crippen molar-refractivity contribution in [1.29, 1.82) is 0 Å². The Bertz CT molecular complexity index is 747. The molecule has 3 rings (SSSR count). The molecular weight excluding hydrogens is 260 g/mol. The normalized spacial score (nSPS) is 12.7. The molecule has 2 aromatic heterocycles. The molecule has 0 aliphatic rings. The smallest absolute Gasteiger partial charge is 0.127 e. The molecule has 1 atom stereocenters. The number of rotatable bonds is 4. The lowest BCUT2D eigenvalue weighted by Crippen LogP contribution is -2.07. The molecule has 4 nitrogen and oxygen atoms in total. The summed E-state index contributed by atoms with van der Waals surface area (Å²) in [6.07, 6.45) is 7.61. The first-order valence-corrected chi connectivity index (χ1v) is 7.28. The van der Waals surface area contributed by atoms with Gasteiger partial charge in [-0.05, 0) is 43.9 Å². The molecule has 108 valence electrons. The molecule has 2 N–H and O–H groups in total. The maximum absolute atomic E-state index is 6.16. The number of nitrogen functional groups attached to an aromatic ring is 1. The van der Waals surface area contributed by atoms with E-state index in [1.807, 2.05) is 36.9 Å². The number of benzene rings is 1. The third-order valence-electron chi connectivity index (χ3n) is 4.16. The van der Waals surface area contributed by atoms with E-state index in [0.29, 0.717) is 11.9 Å². The molecule has 21 heavy (non-hydrogen) atoms. The van der Waals surface area contributed by atoms with Gasteiger partial charge in [0.05, 0.1) is 11.8 Å². The van der Waals surface area contributed by atoms with Gasteiger partial charge in [0.1, 0.15) is 5.82 Å². The van der Waals surface area contributed by atoms with Crippen LogP contribution in [-0.2, 0) is 6.42 Å². The molecule has 0 fully saturated rings. The first-order valence-electron chi connectivity index (χ1n) is 7.28. The van der Waals surface area contributed by atoms with Crippen LogP contribution in [0.1, 0.15) is 30.5 Å². The van der Waals surface area contributed by atoms with Crippen LogP contribution in [0.2, 0.25) is 0 Å². The Kier molecular flexibility index (Phi) is 3.60. The topological polar surface area (TPSA) is 56.7 Å². The molecule has 0 saturated carbocycles. The summed E-state index contributed by atoms with van der Waals surface area (Å²) in [5, 5.41) is 1.19. The average molecular weight is 280 g/mol. The molecule has 0 radical (unpaired) electrons. The number of anilines is 1. The van der Waals surface area contributed by atoms with Gasteiger partial charge >= 0.3 is 0 Å². The zero-order valence-electron chi connectivity index (χ0n) is 12.5. The Morgan fingerprint density at radius 1 is 1.29 bits per heavy atom. The van der Waals surface area contributed by atoms with Crippen molar-refractivity contribution in [2.75, 3.05) is 5.73 Å². The first-order chi connectivity index (χ1) is 10.2. The molecule has 0 bridgehead atoms. The number of para-hydroxylation sites is 1. The highest BCUT2D eigenvalue weighted by Gasteiger charge is 2.12. The second-order valence-electron chi connectivity index (χ2n) is 5.52. The zero-order chi connectivity index (χ0) is 14.8. The summed E-state index contributed by atoms with van der Waals surface area (Å²) in [6, 6.07) is 8.56. The summed E-state index contributed by atoms with van der Waals surface area (Å²) in [5.74, 6) is 0.657. The minimum Gasteiger partial charge on any atom is -0.383 e. The van der Waals surface area contributed by atoms with Gasteiger partial charge in [-0.1, -0.05) is 18.2 Å². The van der Waals surface area contributed by atoms with Crippen molar-refractivity contribution in [3.8, 4) is 0 Å². The average Bonchev–Trinajstić information content (AvgIpc) is 3.01. The number of hydrogen-bond acceptors (Lipinski definition) is 3. The maximum Gasteiger partial charge on any atom is 0.127 e. The van der Waals surface area contributed by atoms with E-state index >= 15 is 0 Å². The zero-order valence-corrected chi connectivity index (χ0v) is 12.5. The van der Waals surface area contributed by atoms with Gasteiger partial charge in [-0.3, -0.25) is 0 Å². The van der Waals surface area contributed by atoms with Crippen molar-refractivity contribution in [3.63, 3.8) is 0 Å². The van der Waals surface area contributed by atoms with Gasteiger partial charge in [0, 0.05) is 23.8 Å². The first kappa shape index (κ1) is 13.6. The van der Waals surface area contributed by atoms with E-state index in [0.717, 1.165) is 18.4 Å². The number of hydrogen-bond donors (Lipinski definition) is 1. The van der Waals surface area contributed by atoms with Gasteiger partial charge in [0.25, 0.3) is 0 Å². The van der Waals surface area contributed by atoms with E-state index < -0.39 is 0 Å². The van der Waals surface area contributed by atoms with E-state index in [1.165, 1.54) is 16.5 Å². The number of pyridine rings is 1. The predicted octanol–water partition coefficient (Wildman–Crippen LogP) is 3.52. The summed E-state index contributed by atoms with van der Waals surface area (Å²) in [7, 11) is 0. The number of nitrogens with two attached hydrogens (primary N) is 1. The van der Waals surface area contributed by atoms with Crippen LogP contribution in [0.3, 0.4) is 0 Å². The minimum absolute atomic E-state index is 0.401. The van der Waals surface area contributed by atoms with E-state index in [9.17, 15) is 0 Å². The molecule has 1 aromatic carbocycles. The predicted molar refractivity (Wildman–Crippen MR) is 86.2 cm³/mol. The molecular formula is C17H20N4. The number of nitrogens with zero attached hydrogens (tertiary/aromatic N) is 3. The van der Waals surface area contributed by atoms with Gasteiger partial charge < -0.3 is 10.3 Å². The van der Waals surface area contributed by atoms with Gasteiger partial charge in [0.2, 0.25) is 0 Å². The highest BCUT2D eigenvalue weighted by molar-refractivity contribution is 5.85. The maximum atomic E-state index is 6.16. The molecule has 2 heterocycles. The van der Waals surface area contributed by atoms with Crippen LogP contribution in [0.25, 0.3) is 10.9 Å². The quantitative estimate of drug-likeness (QED) is 0.795. The summed E-state index contributed by atoms with van der Waals surface area (Å²) in [6.45, 7) is 4.33. The largest absolute Gasteiger partial charge is 0.383 e. The molecule has 0 saturated heterocycles. The highest BCUT2D eigenvalue weighted by atomic mass is 15.0. The molecule has 0 aliphatic heterocycles. The monoisotopic (exact) mass is 280 g/mol. The van der Waals surface area contributed by atoms with Crippen LogP contribution in [0.5, 0.6) is 0 Å². The van der Waals surface area contributed by atoms with Crippen molar-refractivity contribution in [1.82, 2.24) is 14.5 Å². The lowest BCUT2D eigenvalue weighted by atomic mass is 9.98. The standard InChI is InChI=1S/C17H20N4/c1-12(21-10-9-19-11-21)7-8-15-13(2)14-5-3-4-6-16(14)20-17(15)18/h3-6,9-12H,7-8H2,1-2H3,(H2,18,20). The van der Waals surface area contributed by atoms with Crippen molar-refractivity contribution >= 4 is 16.7 Å². The van der Waals surface area contributed by atoms with E-state index in [2.05, 4.69) is 34.4 Å². The second kappa shape index (κ2) is 5.56. The summed E-state index contributed by atoms with van der Waals surface area (Å²) in [4.78, 5) is 8.64. The summed E-state index contributed by atoms with van der Waals surface area (Å²) in [5.41, 5.74) is 9.55. The Morgan fingerprint density at radius 3 is 2.86 bits per heavy atom. The fourth-order valence-corrected chi connectivity index (χ4v) is 2.79. The highest BCUT2D eigenvalue weighted by Crippen LogP contribution is 2.26. The number of aromatic nitrogens is 3. The van der Waals surface area contributed by atoms with Crippen molar-refractivity contribution in [2.45, 2.75) is 32.7 Å². The Morgan fingerprint density at radius 2 is 2.10 bits per heavy atom. The third-order valence-corrected chi connectivity index (χ3v) is 4.16. The molecule has 4 heteroatoms. The molecule has 0 aliphatic carbocycles. The molecule has 0 spiro atoms. The molecule has 1 unspecified atom stereocenters. The fourth-order valence-electron chi connectivity index (χ4n) is 2.79. The Balaban J connectivity index is 1.87. The summed E-state index contributed by atoms with van der Waals surface area (Å²) < 4.78 is 2.12. The SMILES string of the molecule is Cc1c(CCC(C)n2ccnc2)c(N)nc2ccccc12. The van der Waals surface area contributed by atoms with Crippen molar-refractivity contribution in [3.05, 3.63) is 54.1 Å². The van der Waals surface area contributed by atoms with Crippen molar-refractivity contribution < 1.29 is 0 Å². The molecule has 3 aromatic rings. The van der Waals surface area contributed by atoms with Crippen LogP contribution in [-0.4, -0.2) is 14.5 Å². The van der Waals surface area contributed by atoms with Crippen LogP contribution in [0, 0.1) is 6.92 Å².